The first-order valence-corrected chi connectivity index (χ1v) is 5.62. The Hall–Kier alpha value is -1.69. The van der Waals surface area contributed by atoms with Gasteiger partial charge in [-0.05, 0) is 25.0 Å². The highest BCUT2D eigenvalue weighted by Crippen LogP contribution is 2.14. The quantitative estimate of drug-likeness (QED) is 0.799. The molecule has 1 aromatic rings. The number of carbonyl (C=O) groups excluding carboxylic acids is 1. The van der Waals surface area contributed by atoms with E-state index < -0.39 is 0 Å². The lowest BCUT2D eigenvalue weighted by Crippen LogP contribution is -2.41. The fourth-order valence-electron chi connectivity index (χ4n) is 1.88. The number of hydrogen-bond donors (Lipinski definition) is 1. The first-order valence-electron chi connectivity index (χ1n) is 5.62. The van der Waals surface area contributed by atoms with Crippen molar-refractivity contribution in [1.82, 2.24) is 15.1 Å². The number of ether oxygens (including phenoxy) is 1. The number of aromatic nitrogens is 2. The number of nitrogen functional groups attached to an aromatic ring is 1. The summed E-state index contributed by atoms with van der Waals surface area (Å²) in [7, 11) is 1.79. The van der Waals surface area contributed by atoms with Gasteiger partial charge in [-0.2, -0.15) is 0 Å². The molecule has 2 heterocycles. The minimum absolute atomic E-state index is 0.121. The number of rotatable bonds is 2. The molecule has 1 saturated heterocycles. The van der Waals surface area contributed by atoms with Gasteiger partial charge < -0.3 is 15.4 Å². The lowest BCUT2D eigenvalue weighted by Gasteiger charge is -2.30. The average molecular weight is 236 g/mol. The smallest absolute Gasteiger partial charge is 0.274 e. The molecule has 1 aliphatic heterocycles. The number of hydrogen-bond acceptors (Lipinski definition) is 5. The van der Waals surface area contributed by atoms with Gasteiger partial charge in [0.05, 0.1) is 0 Å². The van der Waals surface area contributed by atoms with Crippen LogP contribution in [0.15, 0.2) is 12.1 Å². The summed E-state index contributed by atoms with van der Waals surface area (Å²) in [6.45, 7) is 1.41. The average Bonchev–Trinajstić information content (AvgIpc) is 2.39. The second kappa shape index (κ2) is 5.09. The van der Waals surface area contributed by atoms with Gasteiger partial charge in [0.15, 0.2) is 5.69 Å². The zero-order chi connectivity index (χ0) is 12.3. The highest BCUT2D eigenvalue weighted by molar-refractivity contribution is 5.92. The van der Waals surface area contributed by atoms with E-state index in [-0.39, 0.29) is 11.9 Å². The molecule has 17 heavy (non-hydrogen) atoms. The number of anilines is 1. The molecule has 1 amide bonds. The molecular formula is C11H16N4O2. The molecule has 2 rings (SSSR count). The maximum absolute atomic E-state index is 12.1. The van der Waals surface area contributed by atoms with Crippen LogP contribution in [0.1, 0.15) is 23.3 Å². The molecule has 1 fully saturated rings. The van der Waals surface area contributed by atoms with Crippen LogP contribution in [0, 0.1) is 0 Å². The van der Waals surface area contributed by atoms with Crippen molar-refractivity contribution in [3.05, 3.63) is 17.8 Å². The van der Waals surface area contributed by atoms with Crippen LogP contribution < -0.4 is 5.73 Å². The number of nitrogens with two attached hydrogens (primary N) is 1. The summed E-state index contributed by atoms with van der Waals surface area (Å²) in [4.78, 5) is 13.8. The molecule has 1 aromatic heterocycles. The van der Waals surface area contributed by atoms with Crippen LogP contribution in [-0.4, -0.2) is 47.3 Å². The monoisotopic (exact) mass is 236 g/mol. The van der Waals surface area contributed by atoms with Crippen molar-refractivity contribution in [3.63, 3.8) is 0 Å². The molecule has 1 aliphatic rings. The van der Waals surface area contributed by atoms with Crippen molar-refractivity contribution >= 4 is 11.7 Å². The lowest BCUT2D eigenvalue weighted by atomic mass is 10.1. The molecule has 6 nitrogen and oxygen atoms in total. The molecule has 0 saturated carbocycles. The van der Waals surface area contributed by atoms with Gasteiger partial charge in [0.1, 0.15) is 5.82 Å². The van der Waals surface area contributed by atoms with E-state index >= 15 is 0 Å². The minimum atomic E-state index is -0.121. The van der Waals surface area contributed by atoms with Crippen LogP contribution in [0.3, 0.4) is 0 Å². The van der Waals surface area contributed by atoms with Gasteiger partial charge in [0.25, 0.3) is 5.91 Å². The molecule has 0 bridgehead atoms. The highest BCUT2D eigenvalue weighted by atomic mass is 16.5. The predicted molar refractivity (Wildman–Crippen MR) is 62.4 cm³/mol. The van der Waals surface area contributed by atoms with Gasteiger partial charge in [-0.1, -0.05) is 0 Å². The fourth-order valence-corrected chi connectivity index (χ4v) is 1.88. The number of nitrogens with zero attached hydrogens (tertiary/aromatic N) is 3. The van der Waals surface area contributed by atoms with Crippen LogP contribution in [-0.2, 0) is 4.74 Å². The molecule has 0 unspecified atom stereocenters. The summed E-state index contributed by atoms with van der Waals surface area (Å²) in [6.07, 6.45) is 1.73. The standard InChI is InChI=1S/C11H16N4O2/c1-15(8-4-6-17-7-5-8)11(16)9-2-3-10(12)14-13-9/h2-3,8H,4-7H2,1H3,(H2,12,14). The van der Waals surface area contributed by atoms with Crippen LogP contribution >= 0.6 is 0 Å². The molecule has 6 heteroatoms. The molecule has 0 radical (unpaired) electrons. The lowest BCUT2D eigenvalue weighted by molar-refractivity contribution is 0.0358. The van der Waals surface area contributed by atoms with Crippen LogP contribution in [0.2, 0.25) is 0 Å². The SMILES string of the molecule is CN(C(=O)c1ccc(N)nn1)C1CCOCC1. The van der Waals surface area contributed by atoms with Gasteiger partial charge >= 0.3 is 0 Å². The van der Waals surface area contributed by atoms with Crippen molar-refractivity contribution in [2.75, 3.05) is 26.0 Å². The largest absolute Gasteiger partial charge is 0.382 e. The topological polar surface area (TPSA) is 81.3 Å². The summed E-state index contributed by atoms with van der Waals surface area (Å²) < 4.78 is 5.27. The molecule has 2 N–H and O–H groups in total. The van der Waals surface area contributed by atoms with Gasteiger partial charge in [-0.15, -0.1) is 10.2 Å². The second-order valence-corrected chi connectivity index (χ2v) is 4.10. The summed E-state index contributed by atoms with van der Waals surface area (Å²) in [5, 5.41) is 7.48. The van der Waals surface area contributed by atoms with Gasteiger partial charge in [-0.3, -0.25) is 4.79 Å². The molecular weight excluding hydrogens is 220 g/mol. The summed E-state index contributed by atoms with van der Waals surface area (Å²) in [5.74, 6) is 0.194. The van der Waals surface area contributed by atoms with Crippen LogP contribution in [0.4, 0.5) is 5.82 Å². The third-order valence-corrected chi connectivity index (χ3v) is 2.96. The van der Waals surface area contributed by atoms with Crippen molar-refractivity contribution in [3.8, 4) is 0 Å². The van der Waals surface area contributed by atoms with Gasteiger partial charge in [-0.25, -0.2) is 0 Å². The van der Waals surface area contributed by atoms with E-state index in [1.165, 1.54) is 0 Å². The third-order valence-electron chi connectivity index (χ3n) is 2.96. The van der Waals surface area contributed by atoms with Crippen molar-refractivity contribution in [2.24, 2.45) is 0 Å². The Morgan fingerprint density at radius 1 is 1.41 bits per heavy atom. The maximum atomic E-state index is 12.1. The van der Waals surface area contributed by atoms with Gasteiger partial charge in [0, 0.05) is 26.3 Å². The second-order valence-electron chi connectivity index (χ2n) is 4.10. The number of amides is 1. The van der Waals surface area contributed by atoms with Crippen molar-refractivity contribution in [1.29, 1.82) is 0 Å². The normalized spacial score (nSPS) is 16.8. The Balaban J connectivity index is 2.05. The highest BCUT2D eigenvalue weighted by Gasteiger charge is 2.24. The Labute approximate surface area is 99.8 Å². The molecule has 92 valence electrons. The first kappa shape index (κ1) is 11.8. The molecule has 0 spiro atoms. The van der Waals surface area contributed by atoms with E-state index in [0.717, 1.165) is 12.8 Å². The Morgan fingerprint density at radius 2 is 2.12 bits per heavy atom. The zero-order valence-electron chi connectivity index (χ0n) is 9.80. The van der Waals surface area contributed by atoms with E-state index in [9.17, 15) is 4.79 Å². The third kappa shape index (κ3) is 2.71. The van der Waals surface area contributed by atoms with Crippen molar-refractivity contribution < 1.29 is 9.53 Å². The van der Waals surface area contributed by atoms with Crippen LogP contribution in [0.25, 0.3) is 0 Å². The molecule has 0 aliphatic carbocycles. The first-order chi connectivity index (χ1) is 8.18. The van der Waals surface area contributed by atoms with Gasteiger partial charge in [0.2, 0.25) is 0 Å². The molecule has 0 aromatic carbocycles. The van der Waals surface area contributed by atoms with E-state index in [2.05, 4.69) is 10.2 Å². The summed E-state index contributed by atoms with van der Waals surface area (Å²) in [5.41, 5.74) is 5.76. The summed E-state index contributed by atoms with van der Waals surface area (Å²) in [6, 6.07) is 3.40. The zero-order valence-corrected chi connectivity index (χ0v) is 9.80. The van der Waals surface area contributed by atoms with Crippen LogP contribution in [0.5, 0.6) is 0 Å². The Kier molecular flexibility index (Phi) is 3.53. The Morgan fingerprint density at radius 3 is 2.71 bits per heavy atom. The van der Waals surface area contributed by atoms with E-state index in [4.69, 9.17) is 10.5 Å². The Bertz CT molecular complexity index is 387. The predicted octanol–water partition coefficient (Wildman–Crippen LogP) is 0.310. The fraction of sp³-hybridized carbons (Fsp3) is 0.545. The molecule has 0 atom stereocenters. The van der Waals surface area contributed by atoms with Crippen molar-refractivity contribution in [2.45, 2.75) is 18.9 Å². The van der Waals surface area contributed by atoms with E-state index in [1.807, 2.05) is 0 Å². The minimum Gasteiger partial charge on any atom is -0.382 e. The summed E-state index contributed by atoms with van der Waals surface area (Å²) >= 11 is 0. The number of carbonyl (C=O) groups is 1. The van der Waals surface area contributed by atoms with E-state index in [0.29, 0.717) is 24.7 Å². The van der Waals surface area contributed by atoms with E-state index in [1.54, 1.807) is 24.1 Å². The maximum Gasteiger partial charge on any atom is 0.274 e.